The summed E-state index contributed by atoms with van der Waals surface area (Å²) in [6.07, 6.45) is 0.579. The smallest absolute Gasteiger partial charge is 0.276 e. The first-order valence-corrected chi connectivity index (χ1v) is 9.59. The summed E-state index contributed by atoms with van der Waals surface area (Å²) < 4.78 is 1.55. The van der Waals surface area contributed by atoms with Crippen LogP contribution in [0, 0.1) is 6.92 Å². The second-order valence-corrected chi connectivity index (χ2v) is 8.33. The van der Waals surface area contributed by atoms with Crippen LogP contribution in [0.5, 0.6) is 0 Å². The van der Waals surface area contributed by atoms with Gasteiger partial charge in [0, 0.05) is 23.7 Å². The fraction of sp³-hybridized carbons (Fsp3) is 0.250. The average molecular weight is 371 g/mol. The van der Waals surface area contributed by atoms with Crippen LogP contribution in [0.15, 0.2) is 65.5 Å². The van der Waals surface area contributed by atoms with Crippen LogP contribution in [0.3, 0.4) is 0 Å². The predicted octanol–water partition coefficient (Wildman–Crippen LogP) is 4.89. The first-order chi connectivity index (χ1) is 13.3. The summed E-state index contributed by atoms with van der Waals surface area (Å²) in [7, 11) is 0. The van der Waals surface area contributed by atoms with E-state index >= 15 is 0 Å². The number of hydrogen-bond donors (Lipinski definition) is 1. The number of aryl methyl sites for hydroxylation is 1. The van der Waals surface area contributed by atoms with Crippen molar-refractivity contribution in [2.45, 2.75) is 39.5 Å². The van der Waals surface area contributed by atoms with Gasteiger partial charge in [-0.2, -0.15) is 0 Å². The van der Waals surface area contributed by atoms with Gasteiger partial charge in [0.25, 0.3) is 5.56 Å². The fourth-order valence-corrected chi connectivity index (χ4v) is 3.47. The number of fused-ring (bicyclic) bond motifs is 1. The second kappa shape index (κ2) is 6.79. The molecule has 0 amide bonds. The fourth-order valence-electron chi connectivity index (χ4n) is 3.47. The number of hydrogen-bond acceptors (Lipinski definition) is 2. The SMILES string of the molecule is Cc1nc2cc(-c3ccc(C(C)(C)C)cc3)[nH]n2c(=O)c1Cc1ccccc1. The number of aromatic amines is 1. The molecule has 0 fully saturated rings. The minimum Gasteiger partial charge on any atom is -0.289 e. The molecule has 4 nitrogen and oxygen atoms in total. The molecule has 28 heavy (non-hydrogen) atoms. The first-order valence-electron chi connectivity index (χ1n) is 9.59. The van der Waals surface area contributed by atoms with Crippen molar-refractivity contribution in [2.24, 2.45) is 0 Å². The number of aromatic nitrogens is 3. The van der Waals surface area contributed by atoms with E-state index in [0.717, 1.165) is 28.1 Å². The lowest BCUT2D eigenvalue weighted by molar-refractivity contribution is 0.590. The Kier molecular flexibility index (Phi) is 4.42. The molecule has 0 atom stereocenters. The van der Waals surface area contributed by atoms with Gasteiger partial charge >= 0.3 is 0 Å². The van der Waals surface area contributed by atoms with Crippen molar-refractivity contribution in [3.05, 3.63) is 93.4 Å². The summed E-state index contributed by atoms with van der Waals surface area (Å²) in [6.45, 7) is 8.51. The van der Waals surface area contributed by atoms with Crippen molar-refractivity contribution in [1.29, 1.82) is 0 Å². The third-order valence-corrected chi connectivity index (χ3v) is 5.20. The maximum absolute atomic E-state index is 13.1. The van der Waals surface area contributed by atoms with E-state index in [4.69, 9.17) is 0 Å². The molecule has 2 aromatic carbocycles. The zero-order valence-corrected chi connectivity index (χ0v) is 16.8. The lowest BCUT2D eigenvalue weighted by Crippen LogP contribution is -2.22. The molecule has 4 aromatic rings. The van der Waals surface area contributed by atoms with Gasteiger partial charge in [0.05, 0.1) is 5.69 Å². The second-order valence-electron chi connectivity index (χ2n) is 8.33. The van der Waals surface area contributed by atoms with E-state index in [9.17, 15) is 4.79 Å². The Hall–Kier alpha value is -3.14. The summed E-state index contributed by atoms with van der Waals surface area (Å²) in [5, 5.41) is 3.23. The van der Waals surface area contributed by atoms with E-state index in [2.05, 4.69) is 55.1 Å². The third-order valence-electron chi connectivity index (χ3n) is 5.20. The van der Waals surface area contributed by atoms with Gasteiger partial charge in [-0.05, 0) is 29.0 Å². The molecular formula is C24H25N3O. The lowest BCUT2D eigenvalue weighted by atomic mass is 9.86. The van der Waals surface area contributed by atoms with Crippen LogP contribution in [0.4, 0.5) is 0 Å². The zero-order valence-electron chi connectivity index (χ0n) is 16.8. The summed E-state index contributed by atoms with van der Waals surface area (Å²) in [5.41, 5.74) is 6.54. The quantitative estimate of drug-likeness (QED) is 0.558. The van der Waals surface area contributed by atoms with Gasteiger partial charge in [-0.25, -0.2) is 9.50 Å². The monoisotopic (exact) mass is 371 g/mol. The lowest BCUT2D eigenvalue weighted by Gasteiger charge is -2.18. The summed E-state index contributed by atoms with van der Waals surface area (Å²) >= 11 is 0. The molecule has 0 spiro atoms. The van der Waals surface area contributed by atoms with E-state index < -0.39 is 0 Å². The van der Waals surface area contributed by atoms with Crippen LogP contribution < -0.4 is 5.56 Å². The largest absolute Gasteiger partial charge is 0.289 e. The molecule has 0 aliphatic rings. The third kappa shape index (κ3) is 3.38. The van der Waals surface area contributed by atoms with Crippen molar-refractivity contribution < 1.29 is 0 Å². The molecular weight excluding hydrogens is 346 g/mol. The van der Waals surface area contributed by atoms with Crippen LogP contribution in [0.25, 0.3) is 16.9 Å². The average Bonchev–Trinajstić information content (AvgIpc) is 3.09. The molecule has 0 saturated heterocycles. The maximum atomic E-state index is 13.1. The molecule has 0 unspecified atom stereocenters. The molecule has 4 heteroatoms. The van der Waals surface area contributed by atoms with Crippen LogP contribution in [0.2, 0.25) is 0 Å². The molecule has 0 aliphatic carbocycles. The zero-order chi connectivity index (χ0) is 19.9. The highest BCUT2D eigenvalue weighted by atomic mass is 16.1. The minimum atomic E-state index is -0.0380. The van der Waals surface area contributed by atoms with Gasteiger partial charge < -0.3 is 0 Å². The van der Waals surface area contributed by atoms with Gasteiger partial charge in [0.2, 0.25) is 0 Å². The van der Waals surface area contributed by atoms with Crippen molar-refractivity contribution in [3.63, 3.8) is 0 Å². The topological polar surface area (TPSA) is 50.2 Å². The van der Waals surface area contributed by atoms with Gasteiger partial charge in [-0.3, -0.25) is 9.89 Å². The van der Waals surface area contributed by atoms with Crippen molar-refractivity contribution in [1.82, 2.24) is 14.6 Å². The van der Waals surface area contributed by atoms with Gasteiger partial charge in [-0.1, -0.05) is 75.4 Å². The number of nitrogens with one attached hydrogen (secondary N) is 1. The standard InChI is InChI=1S/C24H25N3O/c1-16-20(14-17-8-6-5-7-9-17)23(28)27-22(25-16)15-21(26-27)18-10-12-19(13-11-18)24(2,3)4/h5-13,15,26H,14H2,1-4H3. The molecule has 2 aromatic heterocycles. The molecule has 1 N–H and O–H groups in total. The van der Waals surface area contributed by atoms with E-state index in [0.29, 0.717) is 12.1 Å². The van der Waals surface area contributed by atoms with Gasteiger partial charge in [0.15, 0.2) is 5.65 Å². The van der Waals surface area contributed by atoms with E-state index in [-0.39, 0.29) is 11.0 Å². The number of H-pyrrole nitrogens is 1. The molecule has 0 bridgehead atoms. The Labute approximate surface area is 164 Å². The van der Waals surface area contributed by atoms with Crippen LogP contribution in [0.1, 0.15) is 43.2 Å². The van der Waals surface area contributed by atoms with E-state index in [1.54, 1.807) is 4.52 Å². The molecule has 4 rings (SSSR count). The highest BCUT2D eigenvalue weighted by molar-refractivity contribution is 5.64. The van der Waals surface area contributed by atoms with E-state index in [1.165, 1.54) is 5.56 Å². The summed E-state index contributed by atoms with van der Waals surface area (Å²) in [6, 6.07) is 20.4. The summed E-state index contributed by atoms with van der Waals surface area (Å²) in [5.74, 6) is 0. The van der Waals surface area contributed by atoms with Crippen LogP contribution >= 0.6 is 0 Å². The molecule has 0 aliphatic heterocycles. The van der Waals surface area contributed by atoms with Crippen molar-refractivity contribution in [2.75, 3.05) is 0 Å². The Balaban J connectivity index is 1.75. The molecule has 0 saturated carbocycles. The first kappa shape index (κ1) is 18.2. The molecule has 2 heterocycles. The van der Waals surface area contributed by atoms with Gasteiger partial charge in [-0.15, -0.1) is 0 Å². The Morgan fingerprint density at radius 1 is 1.00 bits per heavy atom. The Bertz CT molecular complexity index is 1180. The highest BCUT2D eigenvalue weighted by Gasteiger charge is 2.15. The molecule has 0 radical (unpaired) electrons. The van der Waals surface area contributed by atoms with Crippen molar-refractivity contribution >= 4 is 5.65 Å². The van der Waals surface area contributed by atoms with Crippen molar-refractivity contribution in [3.8, 4) is 11.3 Å². The predicted molar refractivity (Wildman–Crippen MR) is 114 cm³/mol. The number of benzene rings is 2. The summed E-state index contributed by atoms with van der Waals surface area (Å²) in [4.78, 5) is 17.7. The minimum absolute atomic E-state index is 0.0380. The van der Waals surface area contributed by atoms with Crippen LogP contribution in [-0.4, -0.2) is 14.6 Å². The van der Waals surface area contributed by atoms with Gasteiger partial charge in [0.1, 0.15) is 0 Å². The maximum Gasteiger partial charge on any atom is 0.276 e. The Morgan fingerprint density at radius 3 is 2.32 bits per heavy atom. The Morgan fingerprint density at radius 2 is 1.68 bits per heavy atom. The van der Waals surface area contributed by atoms with Crippen LogP contribution in [-0.2, 0) is 11.8 Å². The normalized spacial score (nSPS) is 11.9. The van der Waals surface area contributed by atoms with E-state index in [1.807, 2.05) is 43.3 Å². The molecule has 142 valence electrons. The number of rotatable bonds is 3. The highest BCUT2D eigenvalue weighted by Crippen LogP contribution is 2.26. The number of nitrogens with zero attached hydrogens (tertiary/aromatic N) is 2.